The van der Waals surface area contributed by atoms with Gasteiger partial charge in [-0.15, -0.1) is 11.6 Å². The summed E-state index contributed by atoms with van der Waals surface area (Å²) in [5.74, 6) is 0.241. The highest BCUT2D eigenvalue weighted by Gasteiger charge is 2.38. The van der Waals surface area contributed by atoms with Crippen molar-refractivity contribution in [1.82, 2.24) is 29.5 Å². The van der Waals surface area contributed by atoms with Gasteiger partial charge >= 0.3 is 6.18 Å². The van der Waals surface area contributed by atoms with Crippen LogP contribution in [0.15, 0.2) is 43.0 Å². The lowest BCUT2D eigenvalue weighted by Crippen LogP contribution is -2.34. The topological polar surface area (TPSA) is 115 Å². The second-order valence-corrected chi connectivity index (χ2v) is 9.24. The minimum atomic E-state index is -4.87. The Kier molecular flexibility index (Phi) is 11.2. The standard InChI is InChI=1S/C25H26ClF5N8O.C2H6/c1-2-15-7-16(3-4-17(15)24(40)35-10-14(8-26)9-32)36-22-23-34-11-19(39(23)6-5-33-22)18-12-38(13-20(27)28)37-21(18)25(29,30)31;1-2/h3-7,11-12,14,20H,2,8-10,13,32H2,1H3,(H,33,36)(H,35,40);1-2H3. The lowest BCUT2D eigenvalue weighted by Gasteiger charge is -2.15. The number of fused-ring (bicyclic) bond motifs is 1. The van der Waals surface area contributed by atoms with E-state index in [1.807, 2.05) is 20.8 Å². The van der Waals surface area contributed by atoms with Crippen LogP contribution in [0.5, 0.6) is 0 Å². The van der Waals surface area contributed by atoms with Crippen molar-refractivity contribution in [2.24, 2.45) is 11.7 Å². The number of aromatic nitrogens is 5. The zero-order valence-electron chi connectivity index (χ0n) is 23.2. The van der Waals surface area contributed by atoms with Gasteiger partial charge in [-0.05, 0) is 36.7 Å². The molecule has 3 aromatic heterocycles. The third-order valence-corrected chi connectivity index (χ3v) is 6.59. The summed E-state index contributed by atoms with van der Waals surface area (Å²) in [6, 6.07) is 5.09. The number of rotatable bonds is 11. The lowest BCUT2D eigenvalue weighted by atomic mass is 10.0. The van der Waals surface area contributed by atoms with Crippen molar-refractivity contribution in [2.75, 3.05) is 24.3 Å². The first-order valence-electron chi connectivity index (χ1n) is 13.2. The molecule has 228 valence electrons. The van der Waals surface area contributed by atoms with Crippen molar-refractivity contribution in [3.8, 4) is 11.3 Å². The van der Waals surface area contributed by atoms with Gasteiger partial charge in [-0.3, -0.25) is 13.9 Å². The zero-order valence-corrected chi connectivity index (χ0v) is 24.0. The molecular formula is C27H32ClF5N8O. The number of nitrogens with zero attached hydrogens (tertiary/aromatic N) is 5. The summed E-state index contributed by atoms with van der Waals surface area (Å²) in [7, 11) is 0. The van der Waals surface area contributed by atoms with Crippen LogP contribution >= 0.6 is 11.6 Å². The number of amides is 1. The second-order valence-electron chi connectivity index (χ2n) is 8.93. The summed E-state index contributed by atoms with van der Waals surface area (Å²) in [5, 5.41) is 9.27. The molecule has 0 fully saturated rings. The fourth-order valence-electron chi connectivity index (χ4n) is 4.12. The molecule has 0 aliphatic rings. The number of anilines is 2. The average molecular weight is 615 g/mol. The van der Waals surface area contributed by atoms with Crippen molar-refractivity contribution in [3.05, 3.63) is 59.8 Å². The molecule has 0 radical (unpaired) electrons. The van der Waals surface area contributed by atoms with E-state index >= 15 is 0 Å². The highest BCUT2D eigenvalue weighted by atomic mass is 35.5. The van der Waals surface area contributed by atoms with Crippen LogP contribution in [0.1, 0.15) is 42.4 Å². The largest absolute Gasteiger partial charge is 0.435 e. The Morgan fingerprint density at radius 1 is 1.19 bits per heavy atom. The van der Waals surface area contributed by atoms with Gasteiger partial charge in [0.2, 0.25) is 0 Å². The van der Waals surface area contributed by atoms with Gasteiger partial charge in [0, 0.05) is 48.2 Å². The van der Waals surface area contributed by atoms with E-state index in [1.165, 1.54) is 23.0 Å². The van der Waals surface area contributed by atoms with Crippen molar-refractivity contribution < 1.29 is 26.7 Å². The van der Waals surface area contributed by atoms with E-state index in [0.29, 0.717) is 41.3 Å². The number of nitrogens with two attached hydrogens (primary N) is 1. The van der Waals surface area contributed by atoms with Gasteiger partial charge in [-0.2, -0.15) is 18.3 Å². The van der Waals surface area contributed by atoms with Crippen LogP contribution in [0.25, 0.3) is 16.9 Å². The molecule has 0 aliphatic heterocycles. The number of alkyl halides is 6. The molecule has 0 saturated carbocycles. The van der Waals surface area contributed by atoms with Crippen LogP contribution in [-0.2, 0) is 19.1 Å². The first-order chi connectivity index (χ1) is 20.0. The Morgan fingerprint density at radius 3 is 2.55 bits per heavy atom. The van der Waals surface area contributed by atoms with Crippen LogP contribution < -0.4 is 16.4 Å². The fraction of sp³-hybridized carbons (Fsp3) is 0.407. The predicted molar refractivity (Wildman–Crippen MR) is 151 cm³/mol. The monoisotopic (exact) mass is 614 g/mol. The summed E-state index contributed by atoms with van der Waals surface area (Å²) in [5.41, 5.74) is 5.93. The molecule has 1 atom stereocenters. The van der Waals surface area contributed by atoms with Gasteiger partial charge in [-0.1, -0.05) is 20.8 Å². The first-order valence-corrected chi connectivity index (χ1v) is 13.8. The first kappa shape index (κ1) is 32.7. The van der Waals surface area contributed by atoms with E-state index in [2.05, 4.69) is 25.7 Å². The molecule has 1 unspecified atom stereocenters. The number of benzene rings is 1. The second kappa shape index (κ2) is 14.4. The molecule has 3 heterocycles. The normalized spacial score (nSPS) is 12.3. The Morgan fingerprint density at radius 2 is 1.93 bits per heavy atom. The molecule has 1 aromatic carbocycles. The Bertz CT molecular complexity index is 1480. The minimum absolute atomic E-state index is 0.00212. The SMILES string of the molecule is CC.CCc1cc(Nc2nccn3c(-c4cn(CC(F)F)nc4C(F)(F)F)cnc23)ccc1C(=O)NCC(CN)CCl. The Balaban J connectivity index is 0.00000237. The molecular weight excluding hydrogens is 583 g/mol. The summed E-state index contributed by atoms with van der Waals surface area (Å²) < 4.78 is 68.6. The van der Waals surface area contributed by atoms with Gasteiger partial charge in [0.25, 0.3) is 12.3 Å². The van der Waals surface area contributed by atoms with Crippen molar-refractivity contribution in [2.45, 2.75) is 46.3 Å². The van der Waals surface area contributed by atoms with Gasteiger partial charge < -0.3 is 16.4 Å². The fourth-order valence-corrected chi connectivity index (χ4v) is 4.35. The third kappa shape index (κ3) is 7.53. The average Bonchev–Trinajstić information content (AvgIpc) is 3.59. The van der Waals surface area contributed by atoms with Gasteiger partial charge in [0.05, 0.1) is 17.5 Å². The summed E-state index contributed by atoms with van der Waals surface area (Å²) >= 11 is 5.84. The summed E-state index contributed by atoms with van der Waals surface area (Å²) in [6.07, 6.45) is -2.32. The van der Waals surface area contributed by atoms with Crippen LogP contribution in [0.4, 0.5) is 33.5 Å². The maximum absolute atomic E-state index is 13.7. The number of hydrogen-bond donors (Lipinski definition) is 3. The van der Waals surface area contributed by atoms with E-state index in [4.69, 9.17) is 17.3 Å². The van der Waals surface area contributed by atoms with E-state index < -0.39 is 30.4 Å². The quantitative estimate of drug-likeness (QED) is 0.146. The number of nitrogens with one attached hydrogen (secondary N) is 2. The van der Waals surface area contributed by atoms with Crippen LogP contribution in [0.2, 0.25) is 0 Å². The molecule has 0 bridgehead atoms. The predicted octanol–water partition coefficient (Wildman–Crippen LogP) is 5.75. The summed E-state index contributed by atoms with van der Waals surface area (Å²) in [4.78, 5) is 21.2. The molecule has 9 nitrogen and oxygen atoms in total. The number of carbonyl (C=O) groups is 1. The smallest absolute Gasteiger partial charge is 0.352 e. The molecule has 0 spiro atoms. The van der Waals surface area contributed by atoms with Gasteiger partial charge in [0.1, 0.15) is 6.54 Å². The number of aryl methyl sites for hydroxylation is 1. The maximum atomic E-state index is 13.7. The number of halogens is 6. The summed E-state index contributed by atoms with van der Waals surface area (Å²) in [6.45, 7) is 5.59. The number of carbonyl (C=O) groups excluding carboxylic acids is 1. The van der Waals surface area contributed by atoms with Crippen LogP contribution in [0.3, 0.4) is 0 Å². The lowest BCUT2D eigenvalue weighted by molar-refractivity contribution is -0.141. The van der Waals surface area contributed by atoms with E-state index in [9.17, 15) is 26.7 Å². The minimum Gasteiger partial charge on any atom is -0.352 e. The highest BCUT2D eigenvalue weighted by Crippen LogP contribution is 2.37. The molecule has 1 amide bonds. The van der Waals surface area contributed by atoms with Gasteiger partial charge in [0.15, 0.2) is 17.2 Å². The van der Waals surface area contributed by atoms with Crippen LogP contribution in [0, 0.1) is 5.92 Å². The molecule has 0 saturated heterocycles. The van der Waals surface area contributed by atoms with Gasteiger partial charge in [-0.25, -0.2) is 18.7 Å². The molecule has 4 N–H and O–H groups in total. The Hall–Kier alpha value is -3.78. The highest BCUT2D eigenvalue weighted by molar-refractivity contribution is 6.18. The van der Waals surface area contributed by atoms with E-state index in [0.717, 1.165) is 11.8 Å². The van der Waals surface area contributed by atoms with E-state index in [-0.39, 0.29) is 29.0 Å². The molecule has 4 aromatic rings. The number of hydrogen-bond acceptors (Lipinski definition) is 6. The number of imidazole rings is 1. The van der Waals surface area contributed by atoms with Crippen LogP contribution in [-0.4, -0.2) is 55.5 Å². The Labute approximate surface area is 244 Å². The zero-order chi connectivity index (χ0) is 31.0. The van der Waals surface area contributed by atoms with Crippen molar-refractivity contribution in [1.29, 1.82) is 0 Å². The van der Waals surface area contributed by atoms with Crippen molar-refractivity contribution >= 4 is 34.7 Å². The van der Waals surface area contributed by atoms with E-state index in [1.54, 1.807) is 18.2 Å². The third-order valence-electron chi connectivity index (χ3n) is 6.16. The maximum Gasteiger partial charge on any atom is 0.435 e. The van der Waals surface area contributed by atoms with Crippen molar-refractivity contribution in [3.63, 3.8) is 0 Å². The molecule has 4 rings (SSSR count). The molecule has 42 heavy (non-hydrogen) atoms. The molecule has 15 heteroatoms. The molecule has 0 aliphatic carbocycles.